The Kier molecular flexibility index (Phi) is 7.06. The fraction of sp³-hybridized carbons (Fsp3) is 0.588. The predicted octanol–water partition coefficient (Wildman–Crippen LogP) is 3.04. The molecule has 1 aromatic rings. The van der Waals surface area contributed by atoms with Gasteiger partial charge >= 0.3 is 6.03 Å². The molecule has 0 aromatic heterocycles. The number of nitrogens with one attached hydrogen (secondary N) is 2. The smallest absolute Gasteiger partial charge is 0.315 e. The van der Waals surface area contributed by atoms with Crippen molar-refractivity contribution >= 4 is 17.8 Å². The molecule has 0 radical (unpaired) electrons. The molecule has 1 aliphatic carbocycles. The quantitative estimate of drug-likeness (QED) is 0.754. The Balaban J connectivity index is 1.81. The van der Waals surface area contributed by atoms with Crippen molar-refractivity contribution in [1.82, 2.24) is 10.6 Å². The van der Waals surface area contributed by atoms with Crippen LogP contribution in [0.3, 0.4) is 0 Å². The van der Waals surface area contributed by atoms with E-state index in [0.29, 0.717) is 11.8 Å². The fourth-order valence-electron chi connectivity index (χ4n) is 2.92. The Labute approximate surface area is 137 Å². The van der Waals surface area contributed by atoms with Crippen molar-refractivity contribution in [3.05, 3.63) is 35.4 Å². The summed E-state index contributed by atoms with van der Waals surface area (Å²) in [5.41, 5.74) is 1.87. The Morgan fingerprint density at radius 1 is 1.32 bits per heavy atom. The van der Waals surface area contributed by atoms with Crippen LogP contribution in [0, 0.1) is 0 Å². The highest BCUT2D eigenvalue weighted by Gasteiger charge is 2.26. The summed E-state index contributed by atoms with van der Waals surface area (Å²) in [6.07, 6.45) is 4.74. The van der Waals surface area contributed by atoms with Crippen LogP contribution >= 0.6 is 11.8 Å². The summed E-state index contributed by atoms with van der Waals surface area (Å²) in [4.78, 5) is 12.1. The molecule has 1 aliphatic rings. The number of thioether (sulfide) groups is 1. The van der Waals surface area contributed by atoms with Gasteiger partial charge in [-0.05, 0) is 29.7 Å². The van der Waals surface area contributed by atoms with Crippen LogP contribution in [0.25, 0.3) is 0 Å². The maximum Gasteiger partial charge on any atom is 0.315 e. The molecule has 2 amide bonds. The summed E-state index contributed by atoms with van der Waals surface area (Å²) in [5, 5.41) is 15.7. The van der Waals surface area contributed by atoms with E-state index in [9.17, 15) is 4.79 Å². The second kappa shape index (κ2) is 9.06. The molecule has 0 heterocycles. The van der Waals surface area contributed by atoms with E-state index in [1.54, 1.807) is 0 Å². The summed E-state index contributed by atoms with van der Waals surface area (Å²) in [6.45, 7) is 2.68. The zero-order valence-electron chi connectivity index (χ0n) is 13.2. The van der Waals surface area contributed by atoms with Gasteiger partial charge < -0.3 is 15.7 Å². The molecular formula is C17H26N2O2S. The lowest BCUT2D eigenvalue weighted by Gasteiger charge is -2.31. The number of hydrogen-bond donors (Lipinski definition) is 3. The molecule has 2 atom stereocenters. The molecule has 3 N–H and O–H groups in total. The molecule has 2 rings (SSSR count). The first-order valence-corrected chi connectivity index (χ1v) is 9.12. The molecule has 22 heavy (non-hydrogen) atoms. The average molecular weight is 322 g/mol. The van der Waals surface area contributed by atoms with Crippen LogP contribution in [0.15, 0.2) is 24.3 Å². The zero-order chi connectivity index (χ0) is 15.8. The first-order chi connectivity index (χ1) is 10.7. The van der Waals surface area contributed by atoms with E-state index in [4.69, 9.17) is 5.11 Å². The first kappa shape index (κ1) is 17.2. The molecule has 0 aliphatic heterocycles. The highest BCUT2D eigenvalue weighted by molar-refractivity contribution is 7.99. The molecular weight excluding hydrogens is 296 g/mol. The van der Waals surface area contributed by atoms with Gasteiger partial charge in [0.1, 0.15) is 0 Å². The van der Waals surface area contributed by atoms with Gasteiger partial charge in [-0.25, -0.2) is 4.79 Å². The van der Waals surface area contributed by atoms with Crippen molar-refractivity contribution in [2.75, 3.05) is 5.75 Å². The second-order valence-electron chi connectivity index (χ2n) is 5.69. The van der Waals surface area contributed by atoms with E-state index in [2.05, 4.69) is 17.6 Å². The minimum Gasteiger partial charge on any atom is -0.392 e. The molecule has 1 fully saturated rings. The standard InChI is InChI=1S/C17H26N2O2S/c1-2-22-16-9-4-3-8-15(16)19-17(21)18-11-13-6-5-7-14(10-13)12-20/h5-7,10,15-16,20H,2-4,8-9,11-12H2,1H3,(H2,18,19,21)/t15-,16-/m1/s1. The number of hydrogen-bond acceptors (Lipinski definition) is 3. The van der Waals surface area contributed by atoms with Gasteiger partial charge in [0.05, 0.1) is 6.61 Å². The number of aliphatic hydroxyl groups excluding tert-OH is 1. The maximum atomic E-state index is 12.1. The Morgan fingerprint density at radius 3 is 2.86 bits per heavy atom. The van der Waals surface area contributed by atoms with E-state index >= 15 is 0 Å². The number of carbonyl (C=O) groups excluding carboxylic acids is 1. The number of aliphatic hydroxyl groups is 1. The Bertz CT molecular complexity index is 479. The van der Waals surface area contributed by atoms with E-state index in [-0.39, 0.29) is 18.7 Å². The Morgan fingerprint density at radius 2 is 2.09 bits per heavy atom. The van der Waals surface area contributed by atoms with Crippen molar-refractivity contribution < 1.29 is 9.90 Å². The molecule has 1 saturated carbocycles. The van der Waals surface area contributed by atoms with Crippen LogP contribution in [-0.4, -0.2) is 28.2 Å². The summed E-state index contributed by atoms with van der Waals surface area (Å²) >= 11 is 1.95. The SMILES string of the molecule is CCS[C@@H]1CCCC[C@H]1NC(=O)NCc1cccc(CO)c1. The van der Waals surface area contributed by atoms with Crippen molar-refractivity contribution in [2.24, 2.45) is 0 Å². The molecule has 0 unspecified atom stereocenters. The van der Waals surface area contributed by atoms with Crippen LogP contribution in [0.5, 0.6) is 0 Å². The van der Waals surface area contributed by atoms with E-state index in [1.165, 1.54) is 19.3 Å². The molecule has 0 spiro atoms. The first-order valence-electron chi connectivity index (χ1n) is 8.07. The number of urea groups is 1. The zero-order valence-corrected chi connectivity index (χ0v) is 14.0. The second-order valence-corrected chi connectivity index (χ2v) is 7.21. The molecule has 4 nitrogen and oxygen atoms in total. The molecule has 122 valence electrons. The third-order valence-corrected chi connectivity index (χ3v) is 5.35. The summed E-state index contributed by atoms with van der Waals surface area (Å²) < 4.78 is 0. The average Bonchev–Trinajstić information content (AvgIpc) is 2.55. The van der Waals surface area contributed by atoms with Gasteiger partial charge in [-0.1, -0.05) is 44.0 Å². The van der Waals surface area contributed by atoms with Crippen LogP contribution < -0.4 is 10.6 Å². The van der Waals surface area contributed by atoms with Crippen LogP contribution in [0.2, 0.25) is 0 Å². The lowest BCUT2D eigenvalue weighted by molar-refractivity contribution is 0.233. The Hall–Kier alpha value is -1.20. The molecule has 5 heteroatoms. The van der Waals surface area contributed by atoms with E-state index < -0.39 is 0 Å². The monoisotopic (exact) mass is 322 g/mol. The third kappa shape index (κ3) is 5.21. The topological polar surface area (TPSA) is 61.4 Å². The van der Waals surface area contributed by atoms with Gasteiger partial charge in [0.2, 0.25) is 0 Å². The van der Waals surface area contributed by atoms with Gasteiger partial charge in [0.25, 0.3) is 0 Å². The fourth-order valence-corrected chi connectivity index (χ4v) is 4.11. The van der Waals surface area contributed by atoms with Crippen molar-refractivity contribution in [2.45, 2.75) is 57.1 Å². The summed E-state index contributed by atoms with van der Waals surface area (Å²) in [5.74, 6) is 1.10. The lowest BCUT2D eigenvalue weighted by atomic mass is 9.95. The number of carbonyl (C=O) groups is 1. The predicted molar refractivity (Wildman–Crippen MR) is 91.9 cm³/mol. The number of amides is 2. The third-order valence-electron chi connectivity index (χ3n) is 4.03. The highest BCUT2D eigenvalue weighted by Crippen LogP contribution is 2.28. The number of rotatable bonds is 6. The van der Waals surface area contributed by atoms with E-state index in [0.717, 1.165) is 23.3 Å². The number of benzene rings is 1. The minimum absolute atomic E-state index is 0.0258. The van der Waals surface area contributed by atoms with Crippen LogP contribution in [0.4, 0.5) is 4.79 Å². The van der Waals surface area contributed by atoms with Crippen LogP contribution in [-0.2, 0) is 13.2 Å². The van der Waals surface area contributed by atoms with Gasteiger partial charge in [-0.2, -0.15) is 11.8 Å². The van der Waals surface area contributed by atoms with Crippen molar-refractivity contribution in [3.63, 3.8) is 0 Å². The van der Waals surface area contributed by atoms with Crippen LogP contribution in [0.1, 0.15) is 43.7 Å². The summed E-state index contributed by atoms with van der Waals surface area (Å²) in [7, 11) is 0. The van der Waals surface area contributed by atoms with Crippen molar-refractivity contribution in [3.8, 4) is 0 Å². The molecule has 0 bridgehead atoms. The van der Waals surface area contributed by atoms with Gasteiger partial charge in [0.15, 0.2) is 0 Å². The lowest BCUT2D eigenvalue weighted by Crippen LogP contribution is -2.47. The highest BCUT2D eigenvalue weighted by atomic mass is 32.2. The normalized spacial score (nSPS) is 21.4. The maximum absolute atomic E-state index is 12.1. The van der Waals surface area contributed by atoms with E-state index in [1.807, 2.05) is 36.0 Å². The summed E-state index contributed by atoms with van der Waals surface area (Å²) in [6, 6.07) is 7.82. The largest absolute Gasteiger partial charge is 0.392 e. The minimum atomic E-state index is -0.0944. The van der Waals surface area contributed by atoms with Gasteiger partial charge in [-0.3, -0.25) is 0 Å². The molecule has 0 saturated heterocycles. The van der Waals surface area contributed by atoms with Gasteiger partial charge in [-0.15, -0.1) is 0 Å². The molecule has 1 aromatic carbocycles. The van der Waals surface area contributed by atoms with Gasteiger partial charge in [0, 0.05) is 17.8 Å². The van der Waals surface area contributed by atoms with Crippen molar-refractivity contribution in [1.29, 1.82) is 0 Å².